The van der Waals surface area contributed by atoms with Gasteiger partial charge in [0.15, 0.2) is 5.03 Å². The van der Waals surface area contributed by atoms with E-state index in [4.69, 9.17) is 5.11 Å². The molecule has 3 rings (SSSR count). The first-order valence-corrected chi connectivity index (χ1v) is 9.00. The molecule has 5 nitrogen and oxygen atoms in total. The Hall–Kier alpha value is -1.28. The normalized spacial score (nSPS) is 19.4. The largest absolute Gasteiger partial charge is 0.392 e. The molecule has 1 aliphatic heterocycles. The molecule has 0 aliphatic carbocycles. The van der Waals surface area contributed by atoms with Gasteiger partial charge in [-0.3, -0.25) is 0 Å². The van der Waals surface area contributed by atoms with Crippen molar-refractivity contribution in [3.8, 4) is 0 Å². The van der Waals surface area contributed by atoms with Crippen molar-refractivity contribution < 1.29 is 13.5 Å². The zero-order valence-electron chi connectivity index (χ0n) is 11.6. The third-order valence-corrected chi connectivity index (χ3v) is 6.66. The lowest BCUT2D eigenvalue weighted by Crippen LogP contribution is -2.38. The molecule has 1 N–H and O–H groups in total. The second-order valence-corrected chi connectivity index (χ2v) is 7.84. The summed E-state index contributed by atoms with van der Waals surface area (Å²) in [6.45, 7) is 2.23. The summed E-state index contributed by atoms with van der Waals surface area (Å²) in [7, 11) is -3.61. The van der Waals surface area contributed by atoms with Gasteiger partial charge in [0.25, 0.3) is 10.0 Å². The minimum Gasteiger partial charge on any atom is -0.392 e. The van der Waals surface area contributed by atoms with E-state index >= 15 is 0 Å². The summed E-state index contributed by atoms with van der Waals surface area (Å²) in [6, 6.07) is 4.86. The van der Waals surface area contributed by atoms with Gasteiger partial charge in [0.05, 0.1) is 6.61 Å². The third-order valence-electron chi connectivity index (χ3n) is 3.77. The van der Waals surface area contributed by atoms with Crippen molar-refractivity contribution in [1.29, 1.82) is 0 Å². The van der Waals surface area contributed by atoms with Crippen molar-refractivity contribution in [2.75, 3.05) is 6.54 Å². The maximum absolute atomic E-state index is 12.7. The van der Waals surface area contributed by atoms with E-state index in [0.29, 0.717) is 12.1 Å². The molecule has 0 radical (unpaired) electrons. The molecule has 7 heteroatoms. The molecular formula is C14H16N2O3S2. The Morgan fingerprint density at radius 2 is 2.24 bits per heavy atom. The summed E-state index contributed by atoms with van der Waals surface area (Å²) < 4.78 is 27.0. The van der Waals surface area contributed by atoms with Crippen LogP contribution in [0, 0.1) is 0 Å². The Labute approximate surface area is 127 Å². The van der Waals surface area contributed by atoms with E-state index in [2.05, 4.69) is 4.98 Å². The summed E-state index contributed by atoms with van der Waals surface area (Å²) in [5.41, 5.74) is 1.68. The Morgan fingerprint density at radius 3 is 2.90 bits per heavy atom. The highest BCUT2D eigenvalue weighted by atomic mass is 32.2. The van der Waals surface area contributed by atoms with Gasteiger partial charge in [0.2, 0.25) is 0 Å². The van der Waals surface area contributed by atoms with Crippen molar-refractivity contribution >= 4 is 21.4 Å². The Balaban J connectivity index is 1.95. The zero-order valence-corrected chi connectivity index (χ0v) is 13.2. The van der Waals surface area contributed by atoms with Crippen LogP contribution in [0.25, 0.3) is 0 Å². The molecule has 21 heavy (non-hydrogen) atoms. The van der Waals surface area contributed by atoms with Gasteiger partial charge in [-0.1, -0.05) is 6.07 Å². The first-order chi connectivity index (χ1) is 10.0. The van der Waals surface area contributed by atoms with Crippen molar-refractivity contribution in [2.24, 2.45) is 0 Å². The molecule has 0 saturated carbocycles. The van der Waals surface area contributed by atoms with E-state index in [-0.39, 0.29) is 17.7 Å². The monoisotopic (exact) mass is 324 g/mol. The number of hydrogen-bond acceptors (Lipinski definition) is 5. The SMILES string of the molecule is CC1c2ccsc2CCN1S(=O)(=O)c1ccc(CO)cn1. The third kappa shape index (κ3) is 2.50. The number of thiophene rings is 1. The van der Waals surface area contributed by atoms with Crippen LogP contribution in [-0.4, -0.2) is 29.4 Å². The van der Waals surface area contributed by atoms with Crippen LogP contribution in [0.1, 0.15) is 29.0 Å². The van der Waals surface area contributed by atoms with Crippen molar-refractivity contribution in [2.45, 2.75) is 31.0 Å². The topological polar surface area (TPSA) is 70.5 Å². The zero-order chi connectivity index (χ0) is 15.0. The second-order valence-electron chi connectivity index (χ2n) is 5.00. The van der Waals surface area contributed by atoms with Gasteiger partial charge < -0.3 is 5.11 Å². The molecule has 0 fully saturated rings. The predicted molar refractivity (Wildman–Crippen MR) is 80.5 cm³/mol. The van der Waals surface area contributed by atoms with Crippen molar-refractivity contribution in [1.82, 2.24) is 9.29 Å². The standard InChI is InChI=1S/C14H16N2O3S2/c1-10-12-5-7-20-13(12)4-6-16(10)21(18,19)14-3-2-11(9-17)8-15-14/h2-3,5,7-8,10,17H,4,6,9H2,1H3. The van der Waals surface area contributed by atoms with Gasteiger partial charge >= 0.3 is 0 Å². The minimum absolute atomic E-state index is 0.0326. The molecule has 0 bridgehead atoms. The first-order valence-electron chi connectivity index (χ1n) is 6.68. The number of aliphatic hydroxyl groups is 1. The molecule has 1 aliphatic rings. The number of hydrogen-bond donors (Lipinski definition) is 1. The summed E-state index contributed by atoms with van der Waals surface area (Å²) >= 11 is 1.68. The minimum atomic E-state index is -3.61. The van der Waals surface area contributed by atoms with Crippen LogP contribution in [0.2, 0.25) is 0 Å². The summed E-state index contributed by atoms with van der Waals surface area (Å²) in [6.07, 6.45) is 2.14. The number of nitrogens with zero attached hydrogens (tertiary/aromatic N) is 2. The van der Waals surface area contributed by atoms with Gasteiger partial charge in [-0.15, -0.1) is 11.3 Å². The Kier molecular flexibility index (Phi) is 3.83. The summed E-state index contributed by atoms with van der Waals surface area (Å²) in [5, 5.41) is 11.0. The Morgan fingerprint density at radius 1 is 1.43 bits per heavy atom. The van der Waals surface area contributed by atoms with Gasteiger partial charge in [-0.05, 0) is 42.0 Å². The number of aromatic nitrogens is 1. The summed E-state index contributed by atoms with van der Waals surface area (Å²) in [5.74, 6) is 0. The highest BCUT2D eigenvalue weighted by molar-refractivity contribution is 7.89. The van der Waals surface area contributed by atoms with Gasteiger partial charge in [0.1, 0.15) is 0 Å². The molecule has 3 heterocycles. The molecule has 2 aromatic heterocycles. The van der Waals surface area contributed by atoms with E-state index in [9.17, 15) is 8.42 Å². The van der Waals surface area contributed by atoms with Crippen LogP contribution in [0.4, 0.5) is 0 Å². The maximum atomic E-state index is 12.7. The van der Waals surface area contributed by atoms with Gasteiger partial charge in [-0.2, -0.15) is 4.31 Å². The lowest BCUT2D eigenvalue weighted by atomic mass is 10.0. The van der Waals surface area contributed by atoms with Gasteiger partial charge in [0, 0.05) is 23.7 Å². The lowest BCUT2D eigenvalue weighted by Gasteiger charge is -2.32. The Bertz CT molecular complexity index is 738. The fraction of sp³-hybridized carbons (Fsp3) is 0.357. The van der Waals surface area contributed by atoms with E-state index in [0.717, 1.165) is 12.0 Å². The number of pyridine rings is 1. The molecule has 0 aromatic carbocycles. The fourth-order valence-electron chi connectivity index (χ4n) is 2.59. The average molecular weight is 324 g/mol. The molecule has 0 spiro atoms. The molecular weight excluding hydrogens is 308 g/mol. The smallest absolute Gasteiger partial charge is 0.261 e. The van der Waals surface area contributed by atoms with Gasteiger partial charge in [-0.25, -0.2) is 13.4 Å². The van der Waals surface area contributed by atoms with Crippen molar-refractivity contribution in [3.63, 3.8) is 0 Å². The van der Waals surface area contributed by atoms with E-state index in [1.807, 2.05) is 18.4 Å². The quantitative estimate of drug-likeness (QED) is 0.937. The van der Waals surface area contributed by atoms with Crippen LogP contribution >= 0.6 is 11.3 Å². The van der Waals surface area contributed by atoms with Crippen LogP contribution in [0.15, 0.2) is 34.8 Å². The highest BCUT2D eigenvalue weighted by Gasteiger charge is 2.35. The van der Waals surface area contributed by atoms with Crippen LogP contribution in [-0.2, 0) is 23.1 Å². The van der Waals surface area contributed by atoms with Crippen molar-refractivity contribution in [3.05, 3.63) is 45.8 Å². The first kappa shape index (κ1) is 14.6. The molecule has 0 amide bonds. The average Bonchev–Trinajstić information content (AvgIpc) is 2.97. The summed E-state index contributed by atoms with van der Waals surface area (Å²) in [4.78, 5) is 5.25. The maximum Gasteiger partial charge on any atom is 0.261 e. The number of aliphatic hydroxyl groups excluding tert-OH is 1. The lowest BCUT2D eigenvalue weighted by molar-refractivity contribution is 0.281. The van der Waals surface area contributed by atoms with Crippen LogP contribution < -0.4 is 0 Å². The highest BCUT2D eigenvalue weighted by Crippen LogP contribution is 2.35. The fourth-order valence-corrected chi connectivity index (χ4v) is 5.08. The number of fused-ring (bicyclic) bond motifs is 1. The molecule has 112 valence electrons. The van der Waals surface area contributed by atoms with Crippen LogP contribution in [0.3, 0.4) is 0 Å². The molecule has 0 saturated heterocycles. The van der Waals surface area contributed by atoms with E-state index in [1.165, 1.54) is 21.4 Å². The second kappa shape index (κ2) is 5.49. The predicted octanol–water partition coefficient (Wildman–Crippen LogP) is 1.94. The molecule has 1 atom stereocenters. The number of rotatable bonds is 3. The van der Waals surface area contributed by atoms with Crippen LogP contribution in [0.5, 0.6) is 0 Å². The van der Waals surface area contributed by atoms with E-state index < -0.39 is 10.0 Å². The van der Waals surface area contributed by atoms with E-state index in [1.54, 1.807) is 17.4 Å². The molecule has 2 aromatic rings. The molecule has 1 unspecified atom stereocenters. The number of sulfonamides is 1.